The van der Waals surface area contributed by atoms with E-state index in [0.717, 1.165) is 21.5 Å². The van der Waals surface area contributed by atoms with E-state index in [9.17, 15) is 0 Å². The number of aryl methyl sites for hydroxylation is 1. The van der Waals surface area contributed by atoms with Gasteiger partial charge in [0, 0.05) is 16.6 Å². The highest BCUT2D eigenvalue weighted by Crippen LogP contribution is 2.23. The lowest BCUT2D eigenvalue weighted by molar-refractivity contribution is 0.911. The molecule has 2 aromatic rings. The lowest BCUT2D eigenvalue weighted by atomic mass is 10.1. The maximum Gasteiger partial charge on any atom is 0.137 e. The van der Waals surface area contributed by atoms with Crippen molar-refractivity contribution in [3.63, 3.8) is 0 Å². The van der Waals surface area contributed by atoms with Crippen LogP contribution in [0.15, 0.2) is 22.8 Å². The smallest absolute Gasteiger partial charge is 0.137 e. The number of nitrogens with two attached hydrogens (primary N) is 1. The fourth-order valence-electron chi connectivity index (χ4n) is 1.81. The van der Waals surface area contributed by atoms with Crippen LogP contribution in [0.3, 0.4) is 0 Å². The van der Waals surface area contributed by atoms with Gasteiger partial charge in [0.2, 0.25) is 0 Å². The fourth-order valence-corrected chi connectivity index (χ4v) is 2.26. The topological polar surface area (TPSA) is 43.3 Å². The molecule has 2 N–H and O–H groups in total. The number of fused-ring (bicyclic) bond motifs is 1. The Morgan fingerprint density at radius 2 is 2.25 bits per heavy atom. The summed E-state index contributed by atoms with van der Waals surface area (Å²) in [6, 6.07) is 3.93. The molecule has 0 radical (unpaired) electrons. The Hall–Kier alpha value is -0.940. The van der Waals surface area contributed by atoms with Crippen LogP contribution in [-0.2, 0) is 0 Å². The maximum atomic E-state index is 5.70. The van der Waals surface area contributed by atoms with E-state index >= 15 is 0 Å². The van der Waals surface area contributed by atoms with Crippen LogP contribution in [0.1, 0.15) is 24.2 Å². The van der Waals surface area contributed by atoms with Crippen molar-refractivity contribution in [2.45, 2.75) is 19.8 Å². The summed E-state index contributed by atoms with van der Waals surface area (Å²) in [5.41, 5.74) is 8.65. The van der Waals surface area contributed by atoms with Crippen molar-refractivity contribution in [1.29, 1.82) is 0 Å². The zero-order chi connectivity index (χ0) is 11.9. The Balaban J connectivity index is 2.72. The third kappa shape index (κ3) is 1.85. The van der Waals surface area contributed by atoms with E-state index in [-0.39, 0.29) is 5.92 Å². The largest absolute Gasteiger partial charge is 0.393 e. The predicted octanol–water partition coefficient (Wildman–Crippen LogP) is 2.79. The lowest BCUT2D eigenvalue weighted by Crippen LogP contribution is -2.18. The quantitative estimate of drug-likeness (QED) is 0.867. The SMILES string of the molecule is Cc1nc2ccc(Br)cn2c1C(C)C(N)=S. The molecule has 0 saturated carbocycles. The molecule has 0 aliphatic rings. The zero-order valence-corrected chi connectivity index (χ0v) is 11.5. The normalized spacial score (nSPS) is 12.9. The molecule has 2 aromatic heterocycles. The average molecular weight is 298 g/mol. The second-order valence-corrected chi connectivity index (χ2v) is 5.17. The summed E-state index contributed by atoms with van der Waals surface area (Å²) < 4.78 is 3.04. The van der Waals surface area contributed by atoms with Gasteiger partial charge in [-0.3, -0.25) is 0 Å². The van der Waals surface area contributed by atoms with Gasteiger partial charge < -0.3 is 10.1 Å². The molecule has 0 bridgehead atoms. The first-order valence-corrected chi connectivity index (χ1v) is 6.14. The molecule has 0 aliphatic heterocycles. The van der Waals surface area contributed by atoms with Gasteiger partial charge in [0.25, 0.3) is 0 Å². The van der Waals surface area contributed by atoms with Gasteiger partial charge in [0.05, 0.1) is 16.4 Å². The van der Waals surface area contributed by atoms with E-state index < -0.39 is 0 Å². The average Bonchev–Trinajstić information content (AvgIpc) is 2.52. The van der Waals surface area contributed by atoms with Crippen LogP contribution in [0.25, 0.3) is 5.65 Å². The number of hydrogen-bond acceptors (Lipinski definition) is 2. The molecular weight excluding hydrogens is 286 g/mol. The van der Waals surface area contributed by atoms with Crippen molar-refractivity contribution in [2.24, 2.45) is 5.73 Å². The van der Waals surface area contributed by atoms with E-state index in [4.69, 9.17) is 18.0 Å². The molecule has 84 valence electrons. The molecule has 0 spiro atoms. The second-order valence-electron chi connectivity index (χ2n) is 3.78. The Bertz CT molecular complexity index is 562. The molecule has 0 aliphatic carbocycles. The van der Waals surface area contributed by atoms with Gasteiger partial charge in [-0.15, -0.1) is 0 Å². The lowest BCUT2D eigenvalue weighted by Gasteiger charge is -2.10. The van der Waals surface area contributed by atoms with Gasteiger partial charge in [-0.25, -0.2) is 4.98 Å². The van der Waals surface area contributed by atoms with Crippen LogP contribution < -0.4 is 5.73 Å². The first-order chi connectivity index (χ1) is 7.50. The summed E-state index contributed by atoms with van der Waals surface area (Å²) in [4.78, 5) is 4.98. The molecule has 2 heterocycles. The Morgan fingerprint density at radius 1 is 1.56 bits per heavy atom. The number of halogens is 1. The zero-order valence-electron chi connectivity index (χ0n) is 9.07. The van der Waals surface area contributed by atoms with Crippen molar-refractivity contribution in [2.75, 3.05) is 0 Å². The Kier molecular flexibility index (Phi) is 2.99. The molecule has 16 heavy (non-hydrogen) atoms. The number of imidazole rings is 1. The predicted molar refractivity (Wildman–Crippen MR) is 72.8 cm³/mol. The highest BCUT2D eigenvalue weighted by molar-refractivity contribution is 9.10. The minimum absolute atomic E-state index is 0.0271. The minimum Gasteiger partial charge on any atom is -0.393 e. The van der Waals surface area contributed by atoms with Crippen molar-refractivity contribution >= 4 is 38.8 Å². The van der Waals surface area contributed by atoms with E-state index in [1.54, 1.807) is 0 Å². The van der Waals surface area contributed by atoms with Crippen molar-refractivity contribution < 1.29 is 0 Å². The fraction of sp³-hybridized carbons (Fsp3) is 0.273. The number of rotatable bonds is 2. The highest BCUT2D eigenvalue weighted by atomic mass is 79.9. The van der Waals surface area contributed by atoms with Crippen LogP contribution in [-0.4, -0.2) is 14.4 Å². The van der Waals surface area contributed by atoms with Gasteiger partial charge in [0.1, 0.15) is 5.65 Å². The van der Waals surface area contributed by atoms with Crippen molar-refractivity contribution in [1.82, 2.24) is 9.38 Å². The van der Waals surface area contributed by atoms with Gasteiger partial charge in [-0.05, 0) is 35.0 Å². The maximum absolute atomic E-state index is 5.70. The van der Waals surface area contributed by atoms with E-state index in [0.29, 0.717) is 4.99 Å². The number of pyridine rings is 1. The molecule has 0 fully saturated rings. The summed E-state index contributed by atoms with van der Waals surface area (Å²) in [5.74, 6) is 0.0271. The number of thiocarbonyl (C=S) groups is 1. The van der Waals surface area contributed by atoms with Crippen LogP contribution in [0, 0.1) is 6.92 Å². The monoisotopic (exact) mass is 297 g/mol. The third-order valence-electron chi connectivity index (χ3n) is 2.64. The van der Waals surface area contributed by atoms with Crippen LogP contribution in [0.2, 0.25) is 0 Å². The van der Waals surface area contributed by atoms with E-state index in [1.807, 2.05) is 36.6 Å². The summed E-state index contributed by atoms with van der Waals surface area (Å²) in [7, 11) is 0. The van der Waals surface area contributed by atoms with E-state index in [1.165, 1.54) is 0 Å². The number of aromatic nitrogens is 2. The van der Waals surface area contributed by atoms with Gasteiger partial charge in [-0.1, -0.05) is 19.1 Å². The Labute approximate surface area is 108 Å². The minimum atomic E-state index is 0.0271. The first kappa shape index (κ1) is 11.5. The Morgan fingerprint density at radius 3 is 2.88 bits per heavy atom. The van der Waals surface area contributed by atoms with Crippen molar-refractivity contribution in [3.05, 3.63) is 34.2 Å². The second kappa shape index (κ2) is 4.14. The molecule has 0 aromatic carbocycles. The van der Waals surface area contributed by atoms with E-state index in [2.05, 4.69) is 20.9 Å². The summed E-state index contributed by atoms with van der Waals surface area (Å²) in [5, 5.41) is 0. The molecule has 0 amide bonds. The number of hydrogen-bond donors (Lipinski definition) is 1. The van der Waals surface area contributed by atoms with Gasteiger partial charge >= 0.3 is 0 Å². The van der Waals surface area contributed by atoms with Crippen LogP contribution in [0.4, 0.5) is 0 Å². The molecule has 3 nitrogen and oxygen atoms in total. The third-order valence-corrected chi connectivity index (χ3v) is 3.46. The molecule has 0 saturated heterocycles. The summed E-state index contributed by atoms with van der Waals surface area (Å²) >= 11 is 8.50. The number of nitrogens with zero attached hydrogens (tertiary/aromatic N) is 2. The molecule has 1 unspecified atom stereocenters. The summed E-state index contributed by atoms with van der Waals surface area (Å²) in [6.45, 7) is 3.98. The van der Waals surface area contributed by atoms with Gasteiger partial charge in [-0.2, -0.15) is 0 Å². The first-order valence-electron chi connectivity index (χ1n) is 4.94. The molecule has 1 atom stereocenters. The van der Waals surface area contributed by atoms with Crippen molar-refractivity contribution in [3.8, 4) is 0 Å². The highest BCUT2D eigenvalue weighted by Gasteiger charge is 2.17. The molecule has 2 rings (SSSR count). The standard InChI is InChI=1S/C11H12BrN3S/c1-6(11(13)16)10-7(2)14-9-4-3-8(12)5-15(9)10/h3-6H,1-2H3,(H2,13,16). The molecular formula is C11H12BrN3S. The molecule has 5 heteroatoms. The van der Waals surface area contributed by atoms with Gasteiger partial charge in [0.15, 0.2) is 0 Å². The van der Waals surface area contributed by atoms with Crippen LogP contribution >= 0.6 is 28.1 Å². The van der Waals surface area contributed by atoms with Crippen LogP contribution in [0.5, 0.6) is 0 Å². The summed E-state index contributed by atoms with van der Waals surface area (Å²) in [6.07, 6.45) is 1.99.